The van der Waals surface area contributed by atoms with Crippen LogP contribution in [0.2, 0.25) is 0 Å². The van der Waals surface area contributed by atoms with Crippen LogP contribution in [-0.4, -0.2) is 23.5 Å². The van der Waals surface area contributed by atoms with Gasteiger partial charge in [-0.3, -0.25) is 0 Å². The number of amides is 2. The van der Waals surface area contributed by atoms with Gasteiger partial charge in [0.1, 0.15) is 12.4 Å². The molecule has 4 nitrogen and oxygen atoms in total. The Morgan fingerprint density at radius 1 is 1.47 bits per heavy atom. The predicted molar refractivity (Wildman–Crippen MR) is 62.9 cm³/mol. The van der Waals surface area contributed by atoms with E-state index in [2.05, 4.69) is 5.32 Å². The normalized spacial score (nSPS) is 9.82. The van der Waals surface area contributed by atoms with Gasteiger partial charge in [0.2, 0.25) is 0 Å². The van der Waals surface area contributed by atoms with E-state index in [-0.39, 0.29) is 24.4 Å². The molecule has 0 bridgehead atoms. The maximum atomic E-state index is 12.7. The molecule has 0 aromatic heterocycles. The molecule has 0 radical (unpaired) electrons. The van der Waals surface area contributed by atoms with E-state index in [1.165, 1.54) is 29.2 Å². The van der Waals surface area contributed by atoms with Crippen LogP contribution in [0.15, 0.2) is 24.3 Å². The first-order chi connectivity index (χ1) is 8.04. The molecule has 2 amide bonds. The molecule has 0 aliphatic heterocycles. The molecule has 90 valence electrons. The van der Waals surface area contributed by atoms with Crippen LogP contribution in [0.1, 0.15) is 13.8 Å². The highest BCUT2D eigenvalue weighted by Gasteiger charge is 2.16. The van der Waals surface area contributed by atoms with E-state index in [4.69, 9.17) is 5.26 Å². The number of halogens is 1. The number of urea groups is 1. The summed E-state index contributed by atoms with van der Waals surface area (Å²) in [7, 11) is 0. The van der Waals surface area contributed by atoms with Gasteiger partial charge in [-0.05, 0) is 38.1 Å². The van der Waals surface area contributed by atoms with Crippen LogP contribution in [0.4, 0.5) is 14.9 Å². The molecule has 0 aliphatic rings. The molecule has 0 fully saturated rings. The molecule has 17 heavy (non-hydrogen) atoms. The van der Waals surface area contributed by atoms with Gasteiger partial charge in [0.15, 0.2) is 0 Å². The van der Waals surface area contributed by atoms with Gasteiger partial charge in [-0.15, -0.1) is 0 Å². The second-order valence-electron chi connectivity index (χ2n) is 3.82. The predicted octanol–water partition coefficient (Wildman–Crippen LogP) is 2.59. The SMILES string of the molecule is CC(C)N(CC#N)C(=O)Nc1ccc(F)cc1. The van der Waals surface area contributed by atoms with Gasteiger partial charge >= 0.3 is 6.03 Å². The largest absolute Gasteiger partial charge is 0.322 e. The van der Waals surface area contributed by atoms with Gasteiger partial charge in [-0.25, -0.2) is 9.18 Å². The molecule has 0 saturated heterocycles. The Bertz CT molecular complexity index is 422. The molecule has 1 N–H and O–H groups in total. The lowest BCUT2D eigenvalue weighted by atomic mass is 10.3. The first kappa shape index (κ1) is 13.0. The standard InChI is InChI=1S/C12H14FN3O/c1-9(2)16(8-7-14)12(17)15-11-5-3-10(13)4-6-11/h3-6,9H,8H2,1-2H3,(H,15,17). The number of carbonyl (C=O) groups excluding carboxylic acids is 1. The van der Waals surface area contributed by atoms with Crippen LogP contribution in [-0.2, 0) is 0 Å². The van der Waals surface area contributed by atoms with Gasteiger partial charge in [0, 0.05) is 11.7 Å². The van der Waals surface area contributed by atoms with E-state index >= 15 is 0 Å². The maximum absolute atomic E-state index is 12.7. The van der Waals surface area contributed by atoms with Crippen LogP contribution < -0.4 is 5.32 Å². The minimum absolute atomic E-state index is 0.0185. The van der Waals surface area contributed by atoms with Crippen molar-refractivity contribution in [3.8, 4) is 6.07 Å². The van der Waals surface area contributed by atoms with Crippen molar-refractivity contribution in [2.24, 2.45) is 0 Å². The highest BCUT2D eigenvalue weighted by atomic mass is 19.1. The van der Waals surface area contributed by atoms with Crippen molar-refractivity contribution in [1.82, 2.24) is 4.90 Å². The number of nitriles is 1. The van der Waals surface area contributed by atoms with E-state index in [1.807, 2.05) is 19.9 Å². The molecule has 1 aromatic rings. The van der Waals surface area contributed by atoms with Gasteiger partial charge in [0.25, 0.3) is 0 Å². The zero-order valence-electron chi connectivity index (χ0n) is 9.77. The minimum Gasteiger partial charge on any atom is -0.309 e. The van der Waals surface area contributed by atoms with Crippen molar-refractivity contribution >= 4 is 11.7 Å². The van der Waals surface area contributed by atoms with Crippen molar-refractivity contribution in [2.75, 3.05) is 11.9 Å². The monoisotopic (exact) mass is 235 g/mol. The Morgan fingerprint density at radius 2 is 2.06 bits per heavy atom. The van der Waals surface area contributed by atoms with Crippen molar-refractivity contribution in [1.29, 1.82) is 5.26 Å². The molecule has 1 aromatic carbocycles. The lowest BCUT2D eigenvalue weighted by molar-refractivity contribution is 0.205. The van der Waals surface area contributed by atoms with Gasteiger partial charge < -0.3 is 10.2 Å². The molecule has 0 unspecified atom stereocenters. The summed E-state index contributed by atoms with van der Waals surface area (Å²) in [6.07, 6.45) is 0. The van der Waals surface area contributed by atoms with Crippen molar-refractivity contribution in [3.63, 3.8) is 0 Å². The van der Waals surface area contributed by atoms with Crippen LogP contribution in [0.25, 0.3) is 0 Å². The summed E-state index contributed by atoms with van der Waals surface area (Å²) in [5, 5.41) is 11.2. The molecular formula is C12H14FN3O. The fourth-order valence-electron chi connectivity index (χ4n) is 1.29. The van der Waals surface area contributed by atoms with Crippen LogP contribution >= 0.6 is 0 Å². The molecule has 0 spiro atoms. The highest BCUT2D eigenvalue weighted by Crippen LogP contribution is 2.10. The molecule has 0 heterocycles. The zero-order chi connectivity index (χ0) is 12.8. The van der Waals surface area contributed by atoms with Gasteiger partial charge in [-0.1, -0.05) is 0 Å². The summed E-state index contributed by atoms with van der Waals surface area (Å²) < 4.78 is 12.7. The highest BCUT2D eigenvalue weighted by molar-refractivity contribution is 5.89. The number of rotatable bonds is 3. The van der Waals surface area contributed by atoms with Gasteiger partial charge in [0.05, 0.1) is 6.07 Å². The molecule has 0 atom stereocenters. The zero-order valence-corrected chi connectivity index (χ0v) is 9.77. The van der Waals surface area contributed by atoms with E-state index in [0.29, 0.717) is 5.69 Å². The Kier molecular flexibility index (Phi) is 4.46. The maximum Gasteiger partial charge on any atom is 0.322 e. The Labute approximate surface area is 99.7 Å². The molecule has 5 heteroatoms. The molecule has 0 aliphatic carbocycles. The number of carbonyl (C=O) groups is 1. The Morgan fingerprint density at radius 3 is 2.53 bits per heavy atom. The Balaban J connectivity index is 2.70. The van der Waals surface area contributed by atoms with Crippen molar-refractivity contribution in [2.45, 2.75) is 19.9 Å². The molecule has 1 rings (SSSR count). The third kappa shape index (κ3) is 3.76. The average Bonchev–Trinajstić information content (AvgIpc) is 2.28. The second-order valence-corrected chi connectivity index (χ2v) is 3.82. The summed E-state index contributed by atoms with van der Waals surface area (Å²) >= 11 is 0. The van der Waals surface area contributed by atoms with E-state index in [1.54, 1.807) is 0 Å². The summed E-state index contributed by atoms with van der Waals surface area (Å²) in [6, 6.07) is 6.96. The average molecular weight is 235 g/mol. The Hall–Kier alpha value is -2.09. The number of benzene rings is 1. The van der Waals surface area contributed by atoms with Gasteiger partial charge in [-0.2, -0.15) is 5.26 Å². The van der Waals surface area contributed by atoms with E-state index in [9.17, 15) is 9.18 Å². The van der Waals surface area contributed by atoms with Crippen molar-refractivity contribution < 1.29 is 9.18 Å². The first-order valence-corrected chi connectivity index (χ1v) is 5.24. The molecular weight excluding hydrogens is 221 g/mol. The first-order valence-electron chi connectivity index (χ1n) is 5.24. The summed E-state index contributed by atoms with van der Waals surface area (Å²) in [6.45, 7) is 3.66. The second kappa shape index (κ2) is 5.85. The third-order valence-corrected chi connectivity index (χ3v) is 2.22. The smallest absolute Gasteiger partial charge is 0.309 e. The minimum atomic E-state index is -0.367. The number of nitrogens with zero attached hydrogens (tertiary/aromatic N) is 2. The summed E-state index contributed by atoms with van der Waals surface area (Å²) in [4.78, 5) is 13.2. The third-order valence-electron chi connectivity index (χ3n) is 2.22. The summed E-state index contributed by atoms with van der Waals surface area (Å²) in [5.41, 5.74) is 0.500. The number of nitrogens with one attached hydrogen (secondary N) is 1. The van der Waals surface area contributed by atoms with Crippen LogP contribution in [0.3, 0.4) is 0 Å². The van der Waals surface area contributed by atoms with E-state index < -0.39 is 0 Å². The van der Waals surface area contributed by atoms with E-state index in [0.717, 1.165) is 0 Å². The van der Waals surface area contributed by atoms with Crippen molar-refractivity contribution in [3.05, 3.63) is 30.1 Å². The van der Waals surface area contributed by atoms with Crippen LogP contribution in [0, 0.1) is 17.1 Å². The topological polar surface area (TPSA) is 56.1 Å². The summed E-state index contributed by atoms with van der Waals surface area (Å²) in [5.74, 6) is -0.360. The number of hydrogen-bond donors (Lipinski definition) is 1. The lowest BCUT2D eigenvalue weighted by Crippen LogP contribution is -2.40. The quantitative estimate of drug-likeness (QED) is 0.818. The van der Waals surface area contributed by atoms with Crippen LogP contribution in [0.5, 0.6) is 0 Å². The fourth-order valence-corrected chi connectivity index (χ4v) is 1.29. The number of hydrogen-bond acceptors (Lipinski definition) is 2. The number of anilines is 1. The molecule has 0 saturated carbocycles. The lowest BCUT2D eigenvalue weighted by Gasteiger charge is -2.24. The fraction of sp³-hybridized carbons (Fsp3) is 0.333.